The fourth-order valence-corrected chi connectivity index (χ4v) is 3.01. The van der Waals surface area contributed by atoms with Crippen LogP contribution in [0.4, 0.5) is 5.82 Å². The van der Waals surface area contributed by atoms with Crippen molar-refractivity contribution in [2.75, 3.05) is 39.3 Å². The van der Waals surface area contributed by atoms with E-state index in [1.165, 1.54) is 7.11 Å². The zero-order valence-corrected chi connectivity index (χ0v) is 14.4. The maximum Gasteiger partial charge on any atom is 0.321 e. The van der Waals surface area contributed by atoms with Crippen LogP contribution in [-0.2, 0) is 11.2 Å². The molecule has 0 bridgehead atoms. The Labute approximate surface area is 140 Å². The summed E-state index contributed by atoms with van der Waals surface area (Å²) >= 11 is 0. The van der Waals surface area contributed by atoms with Gasteiger partial charge in [-0.3, -0.25) is 0 Å². The number of aryl methyl sites for hydroxylation is 1. The zero-order chi connectivity index (χ0) is 17.1. The van der Waals surface area contributed by atoms with Crippen LogP contribution >= 0.6 is 0 Å². The summed E-state index contributed by atoms with van der Waals surface area (Å²) in [5.41, 5.74) is 0.888. The maximum atomic E-state index is 5.66. The predicted octanol–water partition coefficient (Wildman–Crippen LogP) is 1.48. The average Bonchev–Trinajstić information content (AvgIpc) is 3.20. The molecule has 8 nitrogen and oxygen atoms in total. The van der Waals surface area contributed by atoms with Crippen molar-refractivity contribution < 1.29 is 18.7 Å². The minimum absolute atomic E-state index is 0.0855. The minimum Gasteiger partial charge on any atom is -0.481 e. The minimum atomic E-state index is 0.0855. The zero-order valence-electron chi connectivity index (χ0n) is 14.4. The Morgan fingerprint density at radius 2 is 2.00 bits per heavy atom. The fraction of sp³-hybridized carbons (Fsp3) is 0.562. The second-order valence-corrected chi connectivity index (χ2v) is 5.83. The maximum absolute atomic E-state index is 5.66. The summed E-state index contributed by atoms with van der Waals surface area (Å²) in [6.45, 7) is 3.44. The number of ether oxygens (including phenoxy) is 3. The first-order valence-corrected chi connectivity index (χ1v) is 7.80. The largest absolute Gasteiger partial charge is 0.481 e. The molecular weight excluding hydrogens is 312 g/mol. The third kappa shape index (κ3) is 3.43. The normalized spacial score (nSPS) is 20.4. The molecule has 1 aliphatic heterocycles. The molecule has 0 N–H and O–H groups in total. The highest BCUT2D eigenvalue weighted by Crippen LogP contribution is 2.29. The van der Waals surface area contributed by atoms with E-state index in [4.69, 9.17) is 18.7 Å². The average molecular weight is 334 g/mol. The molecule has 24 heavy (non-hydrogen) atoms. The van der Waals surface area contributed by atoms with Gasteiger partial charge >= 0.3 is 6.01 Å². The van der Waals surface area contributed by atoms with Crippen LogP contribution in [0.15, 0.2) is 16.7 Å². The SMILES string of the molecule is COc1cc(N2C[C@@H](Cc3cc(C)no3)[C@@H](OC)C2)nc(OC)n1. The number of rotatable bonds is 6. The summed E-state index contributed by atoms with van der Waals surface area (Å²) in [7, 11) is 4.84. The van der Waals surface area contributed by atoms with E-state index in [0.29, 0.717) is 5.88 Å². The van der Waals surface area contributed by atoms with Crippen molar-refractivity contribution in [3.63, 3.8) is 0 Å². The Hall–Kier alpha value is -2.35. The van der Waals surface area contributed by atoms with Gasteiger partial charge in [-0.2, -0.15) is 9.97 Å². The second kappa shape index (κ2) is 7.04. The van der Waals surface area contributed by atoms with Crippen molar-refractivity contribution in [1.82, 2.24) is 15.1 Å². The van der Waals surface area contributed by atoms with Crippen LogP contribution in [0, 0.1) is 12.8 Å². The van der Waals surface area contributed by atoms with Gasteiger partial charge in [0.05, 0.1) is 26.0 Å². The van der Waals surface area contributed by atoms with Gasteiger partial charge in [0.2, 0.25) is 5.88 Å². The van der Waals surface area contributed by atoms with E-state index in [0.717, 1.165) is 36.8 Å². The Balaban J connectivity index is 1.78. The van der Waals surface area contributed by atoms with E-state index in [2.05, 4.69) is 20.0 Å². The van der Waals surface area contributed by atoms with Crippen LogP contribution in [0.5, 0.6) is 11.9 Å². The summed E-state index contributed by atoms with van der Waals surface area (Å²) in [4.78, 5) is 10.7. The Morgan fingerprint density at radius 3 is 2.62 bits per heavy atom. The number of anilines is 1. The molecule has 2 aromatic heterocycles. The molecule has 0 amide bonds. The molecule has 0 saturated carbocycles. The van der Waals surface area contributed by atoms with Crippen molar-refractivity contribution in [2.45, 2.75) is 19.4 Å². The summed E-state index contributed by atoms with van der Waals surface area (Å²) in [5, 5.41) is 3.95. The quantitative estimate of drug-likeness (QED) is 0.786. The molecule has 1 fully saturated rings. The van der Waals surface area contributed by atoms with Gasteiger partial charge in [-0.1, -0.05) is 5.16 Å². The van der Waals surface area contributed by atoms with E-state index >= 15 is 0 Å². The van der Waals surface area contributed by atoms with Gasteiger partial charge in [-0.25, -0.2) is 0 Å². The van der Waals surface area contributed by atoms with Crippen molar-refractivity contribution in [3.8, 4) is 11.9 Å². The van der Waals surface area contributed by atoms with Crippen molar-refractivity contribution in [3.05, 3.63) is 23.6 Å². The highest BCUT2D eigenvalue weighted by atomic mass is 16.5. The topological polar surface area (TPSA) is 82.7 Å². The van der Waals surface area contributed by atoms with Crippen LogP contribution in [-0.4, -0.2) is 55.6 Å². The fourth-order valence-electron chi connectivity index (χ4n) is 3.01. The Morgan fingerprint density at radius 1 is 1.17 bits per heavy atom. The van der Waals surface area contributed by atoms with E-state index in [-0.39, 0.29) is 18.0 Å². The van der Waals surface area contributed by atoms with Gasteiger partial charge in [0, 0.05) is 44.7 Å². The van der Waals surface area contributed by atoms with Crippen LogP contribution in [0.3, 0.4) is 0 Å². The number of methoxy groups -OCH3 is 3. The Bertz CT molecular complexity index is 668. The lowest BCUT2D eigenvalue weighted by atomic mass is 10.0. The lowest BCUT2D eigenvalue weighted by molar-refractivity contribution is 0.0812. The molecule has 3 rings (SSSR count). The lowest BCUT2D eigenvalue weighted by Crippen LogP contribution is -2.23. The summed E-state index contributed by atoms with van der Waals surface area (Å²) < 4.78 is 21.4. The van der Waals surface area contributed by atoms with E-state index in [1.807, 2.05) is 13.0 Å². The molecule has 0 radical (unpaired) electrons. The lowest BCUT2D eigenvalue weighted by Gasteiger charge is -2.18. The Kier molecular flexibility index (Phi) is 4.84. The monoisotopic (exact) mass is 334 g/mol. The van der Waals surface area contributed by atoms with E-state index in [9.17, 15) is 0 Å². The molecule has 0 spiro atoms. The molecule has 0 unspecified atom stereocenters. The number of aromatic nitrogens is 3. The number of nitrogens with zero attached hydrogens (tertiary/aromatic N) is 4. The third-order valence-corrected chi connectivity index (χ3v) is 4.21. The number of hydrogen-bond acceptors (Lipinski definition) is 8. The molecular formula is C16H22N4O4. The summed E-state index contributed by atoms with van der Waals surface area (Å²) in [6, 6.07) is 4.05. The van der Waals surface area contributed by atoms with Crippen molar-refractivity contribution in [2.24, 2.45) is 5.92 Å². The molecule has 3 heterocycles. The van der Waals surface area contributed by atoms with Gasteiger partial charge in [0.1, 0.15) is 11.6 Å². The first-order chi connectivity index (χ1) is 11.6. The molecule has 1 saturated heterocycles. The van der Waals surface area contributed by atoms with E-state index in [1.54, 1.807) is 20.3 Å². The van der Waals surface area contributed by atoms with Gasteiger partial charge in [0.15, 0.2) is 0 Å². The van der Waals surface area contributed by atoms with E-state index < -0.39 is 0 Å². The third-order valence-electron chi connectivity index (χ3n) is 4.21. The molecule has 2 aromatic rings. The van der Waals surface area contributed by atoms with Crippen molar-refractivity contribution >= 4 is 5.82 Å². The summed E-state index contributed by atoms with van der Waals surface area (Å²) in [5.74, 6) is 2.39. The molecule has 8 heteroatoms. The highest BCUT2D eigenvalue weighted by molar-refractivity contribution is 5.44. The molecule has 130 valence electrons. The van der Waals surface area contributed by atoms with Gasteiger partial charge < -0.3 is 23.6 Å². The number of hydrogen-bond donors (Lipinski definition) is 0. The van der Waals surface area contributed by atoms with Gasteiger partial charge in [-0.05, 0) is 6.92 Å². The predicted molar refractivity (Wildman–Crippen MR) is 86.6 cm³/mol. The van der Waals surface area contributed by atoms with Gasteiger partial charge in [0.25, 0.3) is 0 Å². The smallest absolute Gasteiger partial charge is 0.321 e. The molecule has 0 aliphatic carbocycles. The molecule has 0 aromatic carbocycles. The first kappa shape index (κ1) is 16.5. The van der Waals surface area contributed by atoms with Crippen LogP contribution < -0.4 is 14.4 Å². The first-order valence-electron chi connectivity index (χ1n) is 7.80. The standard InChI is InChI=1S/C16H22N4O4/c1-10-5-12(24-19-10)6-11-8-20(9-13(11)21-2)14-7-15(22-3)18-16(17-14)23-4/h5,7,11,13H,6,8-9H2,1-4H3/t11-,13+/m1/s1. The van der Waals surface area contributed by atoms with Gasteiger partial charge in [-0.15, -0.1) is 0 Å². The van der Waals surface area contributed by atoms with Crippen molar-refractivity contribution in [1.29, 1.82) is 0 Å². The van der Waals surface area contributed by atoms with Crippen LogP contribution in [0.25, 0.3) is 0 Å². The molecule has 1 aliphatic rings. The van der Waals surface area contributed by atoms with Crippen LogP contribution in [0.1, 0.15) is 11.5 Å². The second-order valence-electron chi connectivity index (χ2n) is 5.83. The highest BCUT2D eigenvalue weighted by Gasteiger charge is 2.35. The van der Waals surface area contributed by atoms with Crippen LogP contribution in [0.2, 0.25) is 0 Å². The molecule has 2 atom stereocenters. The summed E-state index contributed by atoms with van der Waals surface area (Å²) in [6.07, 6.45) is 0.859.